The number of hydrogen-bond donors (Lipinski definition) is 2. The number of aromatic nitrogens is 1. The smallest absolute Gasteiger partial charge is 0.408 e. The van der Waals surface area contributed by atoms with Crippen LogP contribution in [0.4, 0.5) is 11.4 Å². The van der Waals surface area contributed by atoms with E-state index in [-0.39, 0.29) is 12.5 Å². The number of anilines is 2. The Kier molecular flexibility index (Phi) is 3.42. The van der Waals surface area contributed by atoms with Crippen LogP contribution in [-0.4, -0.2) is 10.5 Å². The number of benzene rings is 2. The van der Waals surface area contributed by atoms with Gasteiger partial charge < -0.3 is 15.5 Å². The number of nitrogens with zero attached hydrogens (tertiary/aromatic N) is 1. The zero-order chi connectivity index (χ0) is 15.7. The molecule has 22 heavy (non-hydrogen) atoms. The molecule has 0 aliphatic heterocycles. The van der Waals surface area contributed by atoms with E-state index in [0.29, 0.717) is 22.5 Å². The molecule has 3 aromatic rings. The molecule has 0 bridgehead atoms. The predicted molar refractivity (Wildman–Crippen MR) is 84.7 cm³/mol. The lowest BCUT2D eigenvalue weighted by Crippen LogP contribution is -2.25. The average Bonchev–Trinajstić information content (AvgIpc) is 2.79. The molecule has 0 aliphatic carbocycles. The molecule has 1 aromatic heterocycles. The summed E-state index contributed by atoms with van der Waals surface area (Å²) in [6.07, 6.45) is 0. The molecule has 0 saturated heterocycles. The number of amides is 1. The van der Waals surface area contributed by atoms with Crippen molar-refractivity contribution in [2.45, 2.75) is 13.5 Å². The third-order valence-corrected chi connectivity index (χ3v) is 3.44. The molecular formula is C16H15N3O3. The Hall–Kier alpha value is -3.02. The van der Waals surface area contributed by atoms with Gasteiger partial charge in [-0.2, -0.15) is 0 Å². The molecule has 0 aliphatic rings. The van der Waals surface area contributed by atoms with E-state index in [0.717, 1.165) is 5.56 Å². The monoisotopic (exact) mass is 297 g/mol. The molecule has 0 radical (unpaired) electrons. The van der Waals surface area contributed by atoms with Crippen LogP contribution in [0.2, 0.25) is 0 Å². The van der Waals surface area contributed by atoms with Gasteiger partial charge in [-0.25, -0.2) is 4.79 Å². The van der Waals surface area contributed by atoms with Gasteiger partial charge in [-0.1, -0.05) is 24.3 Å². The van der Waals surface area contributed by atoms with E-state index < -0.39 is 5.76 Å². The zero-order valence-corrected chi connectivity index (χ0v) is 12.0. The van der Waals surface area contributed by atoms with Gasteiger partial charge in [0.05, 0.1) is 5.69 Å². The fourth-order valence-electron chi connectivity index (χ4n) is 2.34. The summed E-state index contributed by atoms with van der Waals surface area (Å²) in [6, 6.07) is 12.4. The number of oxazole rings is 1. The molecule has 0 atom stereocenters. The van der Waals surface area contributed by atoms with Crippen LogP contribution in [0.5, 0.6) is 0 Å². The molecule has 6 heteroatoms. The van der Waals surface area contributed by atoms with Crippen molar-refractivity contribution >= 4 is 28.4 Å². The summed E-state index contributed by atoms with van der Waals surface area (Å²) in [6.45, 7) is 1.74. The Bertz CT molecular complexity index is 908. The molecule has 1 amide bonds. The van der Waals surface area contributed by atoms with Gasteiger partial charge in [0.1, 0.15) is 12.1 Å². The number of nitrogens with one attached hydrogen (secondary N) is 1. The standard InChI is InChI=1S/C16H15N3O3/c1-10-5-2-3-7-12(10)18-14(20)9-19-15-11(17)6-4-8-13(15)22-16(19)21/h2-8H,9,17H2,1H3,(H,18,20). The highest BCUT2D eigenvalue weighted by atomic mass is 16.4. The quantitative estimate of drug-likeness (QED) is 0.725. The minimum absolute atomic E-state index is 0.158. The van der Waals surface area contributed by atoms with Gasteiger partial charge in [-0.05, 0) is 30.7 Å². The van der Waals surface area contributed by atoms with Crippen LogP contribution in [0, 0.1) is 6.92 Å². The van der Waals surface area contributed by atoms with Crippen molar-refractivity contribution in [3.05, 3.63) is 58.6 Å². The first-order chi connectivity index (χ1) is 10.6. The van der Waals surface area contributed by atoms with E-state index in [2.05, 4.69) is 5.32 Å². The highest BCUT2D eigenvalue weighted by molar-refractivity contribution is 5.93. The van der Waals surface area contributed by atoms with Gasteiger partial charge in [-0.15, -0.1) is 0 Å². The van der Waals surface area contributed by atoms with Gasteiger partial charge in [0.25, 0.3) is 0 Å². The number of carbonyl (C=O) groups is 1. The summed E-state index contributed by atoms with van der Waals surface area (Å²) in [5.41, 5.74) is 8.73. The van der Waals surface area contributed by atoms with E-state index in [1.807, 2.05) is 25.1 Å². The molecule has 0 spiro atoms. The maximum atomic E-state index is 12.2. The van der Waals surface area contributed by atoms with Crippen molar-refractivity contribution < 1.29 is 9.21 Å². The van der Waals surface area contributed by atoms with Crippen molar-refractivity contribution in [1.82, 2.24) is 4.57 Å². The van der Waals surface area contributed by atoms with E-state index in [9.17, 15) is 9.59 Å². The van der Waals surface area contributed by atoms with Crippen molar-refractivity contribution in [1.29, 1.82) is 0 Å². The van der Waals surface area contributed by atoms with Crippen LogP contribution in [0.25, 0.3) is 11.1 Å². The van der Waals surface area contributed by atoms with E-state index >= 15 is 0 Å². The Labute approximate surface area is 126 Å². The predicted octanol–water partition coefficient (Wildman–Crippen LogP) is 2.12. The molecule has 0 fully saturated rings. The minimum atomic E-state index is -0.604. The lowest BCUT2D eigenvalue weighted by Gasteiger charge is -2.08. The Morgan fingerprint density at radius 3 is 2.77 bits per heavy atom. The van der Waals surface area contributed by atoms with Crippen LogP contribution in [0.1, 0.15) is 5.56 Å². The second kappa shape index (κ2) is 5.40. The largest absolute Gasteiger partial charge is 0.420 e. The topological polar surface area (TPSA) is 90.3 Å². The number of hydrogen-bond acceptors (Lipinski definition) is 4. The molecule has 1 heterocycles. The lowest BCUT2D eigenvalue weighted by molar-refractivity contribution is -0.116. The molecule has 3 N–H and O–H groups in total. The molecule has 2 aromatic carbocycles. The van der Waals surface area contributed by atoms with Gasteiger partial charge >= 0.3 is 5.76 Å². The van der Waals surface area contributed by atoms with Crippen molar-refractivity contribution in [3.8, 4) is 0 Å². The number of nitrogen functional groups attached to an aromatic ring is 1. The summed E-state index contributed by atoms with van der Waals surface area (Å²) in [4.78, 5) is 24.1. The van der Waals surface area contributed by atoms with Gasteiger partial charge in [0.2, 0.25) is 5.91 Å². The minimum Gasteiger partial charge on any atom is -0.408 e. The number of nitrogens with two attached hydrogens (primary N) is 1. The van der Waals surface area contributed by atoms with Gasteiger partial charge in [-0.3, -0.25) is 9.36 Å². The normalized spacial score (nSPS) is 10.8. The first-order valence-electron chi connectivity index (χ1n) is 6.79. The molecule has 3 rings (SSSR count). The Morgan fingerprint density at radius 1 is 1.23 bits per heavy atom. The van der Waals surface area contributed by atoms with Crippen LogP contribution in [0.3, 0.4) is 0 Å². The van der Waals surface area contributed by atoms with Crippen LogP contribution in [-0.2, 0) is 11.3 Å². The zero-order valence-electron chi connectivity index (χ0n) is 12.0. The van der Waals surface area contributed by atoms with Crippen molar-refractivity contribution in [2.75, 3.05) is 11.1 Å². The molecular weight excluding hydrogens is 282 g/mol. The van der Waals surface area contributed by atoms with Gasteiger partial charge in [0.15, 0.2) is 5.58 Å². The van der Waals surface area contributed by atoms with Gasteiger partial charge in [0, 0.05) is 5.69 Å². The summed E-state index contributed by atoms with van der Waals surface area (Å²) in [7, 11) is 0. The third-order valence-electron chi connectivity index (χ3n) is 3.44. The number of fused-ring (bicyclic) bond motifs is 1. The maximum Gasteiger partial charge on any atom is 0.420 e. The van der Waals surface area contributed by atoms with E-state index in [1.54, 1.807) is 24.3 Å². The highest BCUT2D eigenvalue weighted by Gasteiger charge is 2.15. The second-order valence-electron chi connectivity index (χ2n) is 5.01. The Balaban J connectivity index is 1.91. The molecule has 0 unspecified atom stereocenters. The van der Waals surface area contributed by atoms with Crippen LogP contribution < -0.4 is 16.8 Å². The summed E-state index contributed by atoms with van der Waals surface area (Å²) in [5, 5.41) is 2.78. The summed E-state index contributed by atoms with van der Waals surface area (Å²) < 4.78 is 6.34. The SMILES string of the molecule is Cc1ccccc1NC(=O)Cn1c(=O)oc2cccc(N)c21. The lowest BCUT2D eigenvalue weighted by atomic mass is 10.2. The first kappa shape index (κ1) is 13.9. The van der Waals surface area contributed by atoms with E-state index in [1.165, 1.54) is 4.57 Å². The summed E-state index contributed by atoms with van der Waals surface area (Å²) >= 11 is 0. The number of aryl methyl sites for hydroxylation is 1. The fourth-order valence-corrected chi connectivity index (χ4v) is 2.34. The summed E-state index contributed by atoms with van der Waals surface area (Å²) in [5.74, 6) is -0.921. The van der Waals surface area contributed by atoms with Crippen molar-refractivity contribution in [2.24, 2.45) is 0 Å². The number of rotatable bonds is 3. The second-order valence-corrected chi connectivity index (χ2v) is 5.01. The maximum absolute atomic E-state index is 12.2. The Morgan fingerprint density at radius 2 is 2.00 bits per heavy atom. The van der Waals surface area contributed by atoms with Crippen molar-refractivity contribution in [3.63, 3.8) is 0 Å². The average molecular weight is 297 g/mol. The molecule has 112 valence electrons. The number of carbonyl (C=O) groups excluding carboxylic acids is 1. The van der Waals surface area contributed by atoms with E-state index in [4.69, 9.17) is 10.2 Å². The number of para-hydroxylation sites is 2. The third kappa shape index (κ3) is 2.46. The first-order valence-corrected chi connectivity index (χ1v) is 6.79. The fraction of sp³-hybridized carbons (Fsp3) is 0.125. The van der Waals surface area contributed by atoms with Crippen LogP contribution >= 0.6 is 0 Å². The molecule has 0 saturated carbocycles. The highest BCUT2D eigenvalue weighted by Crippen LogP contribution is 2.20. The van der Waals surface area contributed by atoms with Crippen LogP contribution in [0.15, 0.2) is 51.7 Å². The molecule has 6 nitrogen and oxygen atoms in total.